The molecule has 1 aromatic heterocycles. The van der Waals surface area contributed by atoms with E-state index in [2.05, 4.69) is 21.2 Å². The van der Waals surface area contributed by atoms with E-state index in [-0.39, 0.29) is 5.97 Å². The second kappa shape index (κ2) is 6.41. The maximum atomic E-state index is 12.1. The Morgan fingerprint density at radius 2 is 2.10 bits per heavy atom. The van der Waals surface area contributed by atoms with Crippen molar-refractivity contribution in [2.75, 3.05) is 12.4 Å². The molecule has 1 heterocycles. The van der Waals surface area contributed by atoms with Crippen LogP contribution in [0.1, 0.15) is 21.4 Å². The minimum Gasteiger partial charge on any atom is -0.467 e. The predicted octanol–water partition coefficient (Wildman–Crippen LogP) is 4.45. The molecule has 3 nitrogen and oxygen atoms in total. The summed E-state index contributed by atoms with van der Waals surface area (Å²) in [6.45, 7) is 4.06. The van der Waals surface area contributed by atoms with Gasteiger partial charge < -0.3 is 10.1 Å². The van der Waals surface area contributed by atoms with Crippen LogP contribution in [0.3, 0.4) is 0 Å². The largest absolute Gasteiger partial charge is 0.467 e. The number of carbonyl (C=O) groups is 1. The molecular weight excluding hydrogens is 338 g/mol. The van der Waals surface area contributed by atoms with Crippen molar-refractivity contribution in [2.24, 2.45) is 0 Å². The van der Waals surface area contributed by atoms with Gasteiger partial charge in [0, 0.05) is 19.9 Å². The lowest BCUT2D eigenvalue weighted by Crippen LogP contribution is -2.22. The maximum Gasteiger partial charge on any atom is 0.333 e. The van der Waals surface area contributed by atoms with Gasteiger partial charge in [-0.3, -0.25) is 0 Å². The standard InChI is InChI=1S/C15H16BrNO2S/c1-9-7-13(10(2)20-9)14(15(18)19-3)17-12-6-4-5-11(16)8-12/h4-8,14,17H,1-3H3. The Kier molecular flexibility index (Phi) is 4.83. The smallest absolute Gasteiger partial charge is 0.333 e. The van der Waals surface area contributed by atoms with Gasteiger partial charge in [-0.15, -0.1) is 11.3 Å². The summed E-state index contributed by atoms with van der Waals surface area (Å²) in [5.41, 5.74) is 1.84. The van der Waals surface area contributed by atoms with Crippen molar-refractivity contribution in [3.8, 4) is 0 Å². The van der Waals surface area contributed by atoms with Crippen molar-refractivity contribution in [1.82, 2.24) is 0 Å². The van der Waals surface area contributed by atoms with Crippen LogP contribution in [-0.2, 0) is 9.53 Å². The number of benzene rings is 1. The van der Waals surface area contributed by atoms with Crippen molar-refractivity contribution in [1.29, 1.82) is 0 Å². The molecule has 1 atom stereocenters. The molecule has 20 heavy (non-hydrogen) atoms. The van der Waals surface area contributed by atoms with Crippen LogP contribution in [0.15, 0.2) is 34.8 Å². The van der Waals surface area contributed by atoms with Crippen molar-refractivity contribution >= 4 is 38.9 Å². The van der Waals surface area contributed by atoms with Crippen LogP contribution in [-0.4, -0.2) is 13.1 Å². The normalized spacial score (nSPS) is 12.0. The first-order valence-electron chi connectivity index (χ1n) is 6.18. The molecule has 0 radical (unpaired) electrons. The number of carbonyl (C=O) groups excluding carboxylic acids is 1. The fourth-order valence-electron chi connectivity index (χ4n) is 2.06. The van der Waals surface area contributed by atoms with E-state index < -0.39 is 6.04 Å². The molecule has 0 aliphatic carbocycles. The number of nitrogens with one attached hydrogen (secondary N) is 1. The number of halogens is 1. The van der Waals surface area contributed by atoms with E-state index in [1.165, 1.54) is 12.0 Å². The number of aryl methyl sites for hydroxylation is 2. The van der Waals surface area contributed by atoms with Gasteiger partial charge in [-0.1, -0.05) is 22.0 Å². The molecule has 1 N–H and O–H groups in total. The minimum absolute atomic E-state index is 0.286. The lowest BCUT2D eigenvalue weighted by Gasteiger charge is -2.18. The summed E-state index contributed by atoms with van der Waals surface area (Å²) < 4.78 is 5.89. The highest BCUT2D eigenvalue weighted by Crippen LogP contribution is 2.30. The van der Waals surface area contributed by atoms with Gasteiger partial charge in [0.2, 0.25) is 0 Å². The number of rotatable bonds is 4. The zero-order valence-electron chi connectivity index (χ0n) is 11.6. The summed E-state index contributed by atoms with van der Waals surface area (Å²) in [5, 5.41) is 3.24. The summed E-state index contributed by atoms with van der Waals surface area (Å²) in [7, 11) is 1.41. The lowest BCUT2D eigenvalue weighted by molar-refractivity contribution is -0.141. The Balaban J connectivity index is 2.34. The average molecular weight is 354 g/mol. The quantitative estimate of drug-likeness (QED) is 0.825. The molecule has 2 rings (SSSR count). The summed E-state index contributed by atoms with van der Waals surface area (Å²) in [4.78, 5) is 14.4. The van der Waals surface area contributed by atoms with E-state index in [1.54, 1.807) is 11.3 Å². The topological polar surface area (TPSA) is 38.3 Å². The Hall–Kier alpha value is -1.33. The van der Waals surface area contributed by atoms with Gasteiger partial charge in [-0.05, 0) is 43.7 Å². The minimum atomic E-state index is -0.487. The summed E-state index contributed by atoms with van der Waals surface area (Å²) >= 11 is 5.11. The SMILES string of the molecule is COC(=O)C(Nc1cccc(Br)c1)c1cc(C)sc1C. The van der Waals surface area contributed by atoms with Crippen LogP contribution in [0, 0.1) is 13.8 Å². The number of methoxy groups -OCH3 is 1. The van der Waals surface area contributed by atoms with Crippen molar-refractivity contribution in [2.45, 2.75) is 19.9 Å². The molecule has 5 heteroatoms. The summed E-state index contributed by atoms with van der Waals surface area (Å²) in [5.74, 6) is -0.286. The molecular formula is C15H16BrNO2S. The Labute approximate surface area is 131 Å². The maximum absolute atomic E-state index is 12.1. The number of anilines is 1. The van der Waals surface area contributed by atoms with Gasteiger partial charge in [0.15, 0.2) is 6.04 Å². The molecule has 0 fully saturated rings. The highest BCUT2D eigenvalue weighted by molar-refractivity contribution is 9.10. The highest BCUT2D eigenvalue weighted by atomic mass is 79.9. The number of hydrogen-bond acceptors (Lipinski definition) is 4. The molecule has 106 valence electrons. The Morgan fingerprint density at radius 1 is 1.35 bits per heavy atom. The van der Waals surface area contributed by atoms with Gasteiger partial charge in [-0.2, -0.15) is 0 Å². The molecule has 0 aliphatic rings. The zero-order chi connectivity index (χ0) is 14.7. The average Bonchev–Trinajstić information content (AvgIpc) is 2.74. The van der Waals surface area contributed by atoms with E-state index in [0.717, 1.165) is 20.6 Å². The van der Waals surface area contributed by atoms with Crippen LogP contribution in [0.5, 0.6) is 0 Å². The third-order valence-electron chi connectivity index (χ3n) is 2.96. The Morgan fingerprint density at radius 3 is 2.65 bits per heavy atom. The molecule has 0 saturated carbocycles. The second-order valence-electron chi connectivity index (χ2n) is 4.48. The van der Waals surface area contributed by atoms with Gasteiger partial charge >= 0.3 is 5.97 Å². The molecule has 1 aromatic carbocycles. The first kappa shape index (κ1) is 15.1. The van der Waals surface area contributed by atoms with E-state index in [0.29, 0.717) is 0 Å². The zero-order valence-corrected chi connectivity index (χ0v) is 14.0. The first-order valence-corrected chi connectivity index (χ1v) is 7.79. The molecule has 0 aliphatic heterocycles. The number of ether oxygens (including phenoxy) is 1. The summed E-state index contributed by atoms with van der Waals surface area (Å²) in [6, 6.07) is 9.27. The number of thiophene rings is 1. The highest BCUT2D eigenvalue weighted by Gasteiger charge is 2.24. The third-order valence-corrected chi connectivity index (χ3v) is 4.44. The molecule has 2 aromatic rings. The van der Waals surface area contributed by atoms with E-state index >= 15 is 0 Å². The van der Waals surface area contributed by atoms with Crippen LogP contribution in [0.4, 0.5) is 5.69 Å². The van der Waals surface area contributed by atoms with Crippen molar-refractivity contribution in [3.05, 3.63) is 50.1 Å². The molecule has 0 saturated heterocycles. The van der Waals surface area contributed by atoms with E-state index in [1.807, 2.05) is 44.2 Å². The predicted molar refractivity (Wildman–Crippen MR) is 86.3 cm³/mol. The lowest BCUT2D eigenvalue weighted by atomic mass is 10.1. The van der Waals surface area contributed by atoms with Gasteiger partial charge in [0.1, 0.15) is 0 Å². The first-order chi connectivity index (χ1) is 9.51. The number of hydrogen-bond donors (Lipinski definition) is 1. The fourth-order valence-corrected chi connectivity index (χ4v) is 3.43. The number of esters is 1. The van der Waals surface area contributed by atoms with Crippen LogP contribution in [0.2, 0.25) is 0 Å². The molecule has 0 spiro atoms. The van der Waals surface area contributed by atoms with Crippen molar-refractivity contribution < 1.29 is 9.53 Å². The van der Waals surface area contributed by atoms with Gasteiger partial charge in [0.05, 0.1) is 7.11 Å². The molecule has 0 amide bonds. The molecule has 0 bridgehead atoms. The van der Waals surface area contributed by atoms with Crippen LogP contribution < -0.4 is 5.32 Å². The van der Waals surface area contributed by atoms with E-state index in [9.17, 15) is 4.79 Å². The third kappa shape index (κ3) is 3.41. The summed E-state index contributed by atoms with van der Waals surface area (Å²) in [6.07, 6.45) is 0. The van der Waals surface area contributed by atoms with Crippen LogP contribution >= 0.6 is 27.3 Å². The monoisotopic (exact) mass is 353 g/mol. The van der Waals surface area contributed by atoms with Gasteiger partial charge in [0.25, 0.3) is 0 Å². The van der Waals surface area contributed by atoms with Crippen LogP contribution in [0.25, 0.3) is 0 Å². The Bertz CT molecular complexity index is 624. The second-order valence-corrected chi connectivity index (χ2v) is 6.86. The fraction of sp³-hybridized carbons (Fsp3) is 0.267. The molecule has 1 unspecified atom stereocenters. The van der Waals surface area contributed by atoms with Crippen molar-refractivity contribution in [3.63, 3.8) is 0 Å². The van der Waals surface area contributed by atoms with E-state index in [4.69, 9.17) is 4.74 Å². The van der Waals surface area contributed by atoms with Gasteiger partial charge in [-0.25, -0.2) is 4.79 Å².